The summed E-state index contributed by atoms with van der Waals surface area (Å²) in [6.45, 7) is 3.47. The van der Waals surface area contributed by atoms with Crippen molar-refractivity contribution in [2.75, 3.05) is 27.2 Å². The van der Waals surface area contributed by atoms with Gasteiger partial charge in [-0.25, -0.2) is 0 Å². The Hall–Kier alpha value is -1.42. The highest BCUT2D eigenvalue weighted by molar-refractivity contribution is 5.72. The van der Waals surface area contributed by atoms with Crippen molar-refractivity contribution in [3.63, 3.8) is 0 Å². The van der Waals surface area contributed by atoms with Crippen LogP contribution in [0.2, 0.25) is 0 Å². The second kappa shape index (κ2) is 7.01. The molecule has 0 bridgehead atoms. The van der Waals surface area contributed by atoms with Crippen LogP contribution >= 0.6 is 0 Å². The maximum absolute atomic E-state index is 11.3. The van der Waals surface area contributed by atoms with Gasteiger partial charge in [-0.1, -0.05) is 13.0 Å². The zero-order valence-corrected chi connectivity index (χ0v) is 10.7. The van der Waals surface area contributed by atoms with Gasteiger partial charge in [0.15, 0.2) is 0 Å². The van der Waals surface area contributed by atoms with E-state index in [2.05, 4.69) is 9.88 Å². The number of hydrogen-bond donors (Lipinski definition) is 0. The summed E-state index contributed by atoms with van der Waals surface area (Å²) in [6.07, 6.45) is 2.69. The second-order valence-electron chi connectivity index (χ2n) is 4.26. The van der Waals surface area contributed by atoms with Crippen molar-refractivity contribution in [1.82, 2.24) is 9.88 Å². The van der Waals surface area contributed by atoms with E-state index < -0.39 is 0 Å². The molecule has 1 unspecified atom stereocenters. The van der Waals surface area contributed by atoms with Gasteiger partial charge in [-0.05, 0) is 19.2 Å². The minimum Gasteiger partial charge on any atom is -0.469 e. The van der Waals surface area contributed by atoms with E-state index in [1.54, 1.807) is 6.20 Å². The van der Waals surface area contributed by atoms with E-state index in [-0.39, 0.29) is 11.9 Å². The first-order valence-corrected chi connectivity index (χ1v) is 5.79. The van der Waals surface area contributed by atoms with Crippen LogP contribution in [0, 0.1) is 5.92 Å². The highest BCUT2D eigenvalue weighted by atomic mass is 16.5. The molecule has 1 atom stereocenters. The fourth-order valence-corrected chi connectivity index (χ4v) is 1.69. The Kier molecular flexibility index (Phi) is 5.63. The third-order valence-electron chi connectivity index (χ3n) is 2.66. The molecule has 0 fully saturated rings. The molecule has 0 amide bonds. The van der Waals surface area contributed by atoms with E-state index in [9.17, 15) is 4.79 Å². The molecular formula is C13H20N2O2. The molecule has 0 spiro atoms. The lowest BCUT2D eigenvalue weighted by molar-refractivity contribution is -0.145. The van der Waals surface area contributed by atoms with Gasteiger partial charge in [-0.3, -0.25) is 9.78 Å². The normalized spacial score (nSPS) is 12.5. The number of methoxy groups -OCH3 is 1. The standard InChI is InChI=1S/C13H20N2O2/c1-11(13(16)17-3)10-15(2)9-7-12-6-4-5-8-14-12/h4-6,8,11H,7,9-10H2,1-3H3. The largest absolute Gasteiger partial charge is 0.469 e. The number of hydrogen-bond acceptors (Lipinski definition) is 4. The Bertz CT molecular complexity index is 341. The number of carbonyl (C=O) groups excluding carboxylic acids is 1. The van der Waals surface area contributed by atoms with Crippen LogP contribution in [-0.2, 0) is 16.0 Å². The summed E-state index contributed by atoms with van der Waals surface area (Å²) in [7, 11) is 3.43. The van der Waals surface area contributed by atoms with Gasteiger partial charge in [0.05, 0.1) is 13.0 Å². The summed E-state index contributed by atoms with van der Waals surface area (Å²) in [5.41, 5.74) is 1.07. The molecule has 0 saturated heterocycles. The van der Waals surface area contributed by atoms with Crippen molar-refractivity contribution in [3.8, 4) is 0 Å². The molecule has 1 rings (SSSR count). The van der Waals surface area contributed by atoms with Crippen molar-refractivity contribution in [3.05, 3.63) is 30.1 Å². The molecule has 94 valence electrons. The SMILES string of the molecule is COC(=O)C(C)CN(C)CCc1ccccn1. The average Bonchev–Trinajstić information content (AvgIpc) is 2.36. The van der Waals surface area contributed by atoms with E-state index in [1.807, 2.05) is 32.2 Å². The molecule has 0 radical (unpaired) electrons. The molecule has 17 heavy (non-hydrogen) atoms. The summed E-state index contributed by atoms with van der Waals surface area (Å²) < 4.78 is 4.70. The Labute approximate surface area is 103 Å². The van der Waals surface area contributed by atoms with Gasteiger partial charge in [-0.15, -0.1) is 0 Å². The van der Waals surface area contributed by atoms with Gasteiger partial charge in [0.25, 0.3) is 0 Å². The highest BCUT2D eigenvalue weighted by Gasteiger charge is 2.15. The number of rotatable bonds is 6. The van der Waals surface area contributed by atoms with E-state index in [0.29, 0.717) is 6.54 Å². The molecular weight excluding hydrogens is 216 g/mol. The third kappa shape index (κ3) is 4.95. The fourth-order valence-electron chi connectivity index (χ4n) is 1.69. The number of ether oxygens (including phenoxy) is 1. The highest BCUT2D eigenvalue weighted by Crippen LogP contribution is 2.02. The Morgan fingerprint density at radius 3 is 2.88 bits per heavy atom. The minimum atomic E-state index is -0.158. The lowest BCUT2D eigenvalue weighted by Gasteiger charge is -2.19. The molecule has 0 aliphatic carbocycles. The predicted molar refractivity (Wildman–Crippen MR) is 66.6 cm³/mol. The van der Waals surface area contributed by atoms with Crippen molar-refractivity contribution >= 4 is 5.97 Å². The number of esters is 1. The number of pyridine rings is 1. The smallest absolute Gasteiger partial charge is 0.309 e. The van der Waals surface area contributed by atoms with E-state index in [0.717, 1.165) is 18.7 Å². The predicted octanol–water partition coefficient (Wildman–Crippen LogP) is 1.36. The van der Waals surface area contributed by atoms with Gasteiger partial charge in [0, 0.05) is 31.4 Å². The molecule has 0 aliphatic rings. The summed E-state index contributed by atoms with van der Waals surface area (Å²) in [5.74, 6) is -0.247. The monoisotopic (exact) mass is 236 g/mol. The summed E-state index contributed by atoms with van der Waals surface area (Å²) in [6, 6.07) is 5.91. The molecule has 0 aliphatic heterocycles. The Balaban J connectivity index is 2.30. The zero-order valence-electron chi connectivity index (χ0n) is 10.7. The zero-order chi connectivity index (χ0) is 12.7. The van der Waals surface area contributed by atoms with Crippen molar-refractivity contribution < 1.29 is 9.53 Å². The van der Waals surface area contributed by atoms with E-state index in [4.69, 9.17) is 4.74 Å². The van der Waals surface area contributed by atoms with Crippen LogP contribution in [0.5, 0.6) is 0 Å². The molecule has 1 aromatic rings. The molecule has 0 N–H and O–H groups in total. The molecule has 1 heterocycles. The summed E-state index contributed by atoms with van der Waals surface area (Å²) in [5, 5.41) is 0. The lowest BCUT2D eigenvalue weighted by atomic mass is 10.1. The first-order chi connectivity index (χ1) is 8.13. The number of aromatic nitrogens is 1. The van der Waals surface area contributed by atoms with Gasteiger partial charge in [-0.2, -0.15) is 0 Å². The van der Waals surface area contributed by atoms with Crippen LogP contribution in [0.15, 0.2) is 24.4 Å². The van der Waals surface area contributed by atoms with Crippen molar-refractivity contribution in [2.45, 2.75) is 13.3 Å². The lowest BCUT2D eigenvalue weighted by Crippen LogP contribution is -2.30. The molecule has 0 aromatic carbocycles. The molecule has 1 aromatic heterocycles. The quantitative estimate of drug-likeness (QED) is 0.700. The maximum atomic E-state index is 11.3. The second-order valence-corrected chi connectivity index (χ2v) is 4.26. The van der Waals surface area contributed by atoms with Crippen LogP contribution in [0.4, 0.5) is 0 Å². The Morgan fingerprint density at radius 1 is 1.53 bits per heavy atom. The van der Waals surface area contributed by atoms with Gasteiger partial charge >= 0.3 is 5.97 Å². The molecule has 4 heteroatoms. The third-order valence-corrected chi connectivity index (χ3v) is 2.66. The van der Waals surface area contributed by atoms with Crippen LogP contribution in [0.1, 0.15) is 12.6 Å². The average molecular weight is 236 g/mol. The summed E-state index contributed by atoms with van der Waals surface area (Å²) >= 11 is 0. The van der Waals surface area contributed by atoms with Crippen molar-refractivity contribution in [2.24, 2.45) is 5.92 Å². The van der Waals surface area contributed by atoms with Crippen LogP contribution in [0.3, 0.4) is 0 Å². The fraction of sp³-hybridized carbons (Fsp3) is 0.538. The minimum absolute atomic E-state index is 0.0891. The van der Waals surface area contributed by atoms with E-state index in [1.165, 1.54) is 7.11 Å². The van der Waals surface area contributed by atoms with E-state index >= 15 is 0 Å². The maximum Gasteiger partial charge on any atom is 0.309 e. The topological polar surface area (TPSA) is 42.4 Å². The number of carbonyl (C=O) groups is 1. The van der Waals surface area contributed by atoms with Gasteiger partial charge in [0.2, 0.25) is 0 Å². The van der Waals surface area contributed by atoms with Crippen LogP contribution < -0.4 is 0 Å². The first-order valence-electron chi connectivity index (χ1n) is 5.79. The van der Waals surface area contributed by atoms with Gasteiger partial charge in [0.1, 0.15) is 0 Å². The van der Waals surface area contributed by atoms with Crippen LogP contribution in [0.25, 0.3) is 0 Å². The van der Waals surface area contributed by atoms with Crippen molar-refractivity contribution in [1.29, 1.82) is 0 Å². The number of nitrogens with zero attached hydrogens (tertiary/aromatic N) is 2. The van der Waals surface area contributed by atoms with Gasteiger partial charge < -0.3 is 9.64 Å². The molecule has 4 nitrogen and oxygen atoms in total. The number of likely N-dealkylation sites (N-methyl/N-ethyl adjacent to an activating group) is 1. The summed E-state index contributed by atoms with van der Waals surface area (Å²) in [4.78, 5) is 17.6. The Morgan fingerprint density at radius 2 is 2.29 bits per heavy atom. The van der Waals surface area contributed by atoms with Crippen LogP contribution in [-0.4, -0.2) is 43.1 Å². The first kappa shape index (κ1) is 13.6. The molecule has 0 saturated carbocycles.